The number of amides is 1. The molecule has 2 aromatic rings. The van der Waals surface area contributed by atoms with E-state index in [1.807, 2.05) is 18.7 Å². The Morgan fingerprint density at radius 3 is 2.63 bits per heavy atom. The van der Waals surface area contributed by atoms with E-state index in [0.29, 0.717) is 38.1 Å². The predicted molar refractivity (Wildman–Crippen MR) is 152 cm³/mol. The van der Waals surface area contributed by atoms with Crippen LogP contribution in [0.1, 0.15) is 69.6 Å². The van der Waals surface area contributed by atoms with Gasteiger partial charge in [0.05, 0.1) is 24.8 Å². The topological polar surface area (TPSA) is 74.6 Å². The molecule has 3 aliphatic heterocycles. The summed E-state index contributed by atoms with van der Waals surface area (Å²) >= 11 is 6.13. The molecule has 3 heterocycles. The Labute approximate surface area is 245 Å². The average molecular weight is 586 g/mol. The summed E-state index contributed by atoms with van der Waals surface area (Å²) in [5, 5.41) is 14.3. The van der Waals surface area contributed by atoms with Crippen LogP contribution in [-0.2, 0) is 19.7 Å². The first-order chi connectivity index (χ1) is 19.3. The number of rotatable bonds is 6. The van der Waals surface area contributed by atoms with Crippen molar-refractivity contribution >= 4 is 17.5 Å². The molecule has 0 radical (unpaired) electrons. The molecule has 1 N–H and O–H groups in total. The summed E-state index contributed by atoms with van der Waals surface area (Å²) in [7, 11) is 0. The van der Waals surface area contributed by atoms with Gasteiger partial charge < -0.3 is 14.8 Å². The molecule has 5 rings (SSSR count). The van der Waals surface area contributed by atoms with Gasteiger partial charge in [-0.1, -0.05) is 49.7 Å². The monoisotopic (exact) mass is 585 g/mol. The molecule has 0 bridgehead atoms. The molecule has 5 atom stereocenters. The van der Waals surface area contributed by atoms with E-state index < -0.39 is 40.8 Å². The third-order valence-electron chi connectivity index (χ3n) is 9.10. The van der Waals surface area contributed by atoms with Crippen molar-refractivity contribution in [2.45, 2.75) is 89.2 Å². The fraction of sp³-hybridized carbons (Fsp3) is 0.562. The number of nitriles is 1. The lowest BCUT2D eigenvalue weighted by atomic mass is 9.61. The summed E-state index contributed by atoms with van der Waals surface area (Å²) in [5.74, 6) is -3.07. The molecule has 0 saturated carbocycles. The van der Waals surface area contributed by atoms with Gasteiger partial charge in [0.2, 0.25) is 5.91 Å². The van der Waals surface area contributed by atoms with Crippen LogP contribution in [0, 0.1) is 35.3 Å². The highest BCUT2D eigenvalue weighted by molar-refractivity contribution is 6.30. The van der Waals surface area contributed by atoms with Crippen LogP contribution in [0.2, 0.25) is 5.02 Å². The Kier molecular flexibility index (Phi) is 7.97. The van der Waals surface area contributed by atoms with Crippen LogP contribution in [0.15, 0.2) is 36.4 Å². The van der Waals surface area contributed by atoms with E-state index in [2.05, 4.69) is 25.2 Å². The molecule has 9 heteroatoms. The smallest absolute Gasteiger partial charge is 0.238 e. The van der Waals surface area contributed by atoms with Gasteiger partial charge in [0.1, 0.15) is 17.0 Å². The van der Waals surface area contributed by atoms with Crippen molar-refractivity contribution in [1.29, 1.82) is 5.26 Å². The largest absolute Gasteiger partial charge is 0.355 e. The van der Waals surface area contributed by atoms with Gasteiger partial charge >= 0.3 is 0 Å². The van der Waals surface area contributed by atoms with Crippen LogP contribution >= 0.6 is 11.6 Å². The normalized spacial score (nSPS) is 30.5. The van der Waals surface area contributed by atoms with E-state index >= 15 is 8.78 Å². The van der Waals surface area contributed by atoms with Crippen molar-refractivity contribution < 1.29 is 23.0 Å². The van der Waals surface area contributed by atoms with Crippen molar-refractivity contribution in [3.63, 3.8) is 0 Å². The average Bonchev–Trinajstić information content (AvgIpc) is 3.38. The number of benzene rings is 2. The molecule has 0 unspecified atom stereocenters. The Morgan fingerprint density at radius 1 is 1.22 bits per heavy atom. The zero-order valence-electron chi connectivity index (χ0n) is 24.3. The molecule has 2 aromatic carbocycles. The van der Waals surface area contributed by atoms with Crippen molar-refractivity contribution in [2.75, 3.05) is 19.7 Å². The van der Waals surface area contributed by atoms with Crippen LogP contribution in [-0.4, -0.2) is 54.5 Å². The molecule has 0 spiro atoms. The lowest BCUT2D eigenvalue weighted by Crippen LogP contribution is -2.53. The number of hydrogen-bond acceptors (Lipinski definition) is 5. The molecule has 3 saturated heterocycles. The summed E-state index contributed by atoms with van der Waals surface area (Å²) in [6, 6.07) is 10.3. The second-order valence-corrected chi connectivity index (χ2v) is 13.3. The molecule has 3 fully saturated rings. The molecule has 41 heavy (non-hydrogen) atoms. The number of ether oxygens (including phenoxy) is 2. The van der Waals surface area contributed by atoms with Gasteiger partial charge in [0.25, 0.3) is 0 Å². The van der Waals surface area contributed by atoms with Gasteiger partial charge in [-0.15, -0.1) is 0 Å². The highest BCUT2D eigenvalue weighted by Crippen LogP contribution is 2.58. The predicted octanol–water partition coefficient (Wildman–Crippen LogP) is 6.00. The number of piperidine rings is 1. The summed E-state index contributed by atoms with van der Waals surface area (Å²) in [6.45, 7) is 10.9. The maximum Gasteiger partial charge on any atom is 0.238 e. The van der Waals surface area contributed by atoms with E-state index in [9.17, 15) is 10.1 Å². The van der Waals surface area contributed by atoms with Gasteiger partial charge in [-0.25, -0.2) is 8.78 Å². The molecular weight excluding hydrogens is 548 g/mol. The zero-order chi connectivity index (χ0) is 29.7. The van der Waals surface area contributed by atoms with Crippen LogP contribution in [0.4, 0.5) is 8.78 Å². The first kappa shape index (κ1) is 29.9. The van der Waals surface area contributed by atoms with Crippen molar-refractivity contribution in [1.82, 2.24) is 10.2 Å². The van der Waals surface area contributed by atoms with Crippen molar-refractivity contribution in [3.8, 4) is 6.07 Å². The minimum Gasteiger partial charge on any atom is -0.355 e. The lowest BCUT2D eigenvalue weighted by Gasteiger charge is -2.45. The van der Waals surface area contributed by atoms with E-state index in [1.54, 1.807) is 31.2 Å². The number of aryl methyl sites for hydroxylation is 1. The number of nitrogens with one attached hydrogen (secondary N) is 1. The second-order valence-electron chi connectivity index (χ2n) is 12.9. The Morgan fingerprint density at radius 2 is 1.98 bits per heavy atom. The van der Waals surface area contributed by atoms with Crippen LogP contribution in [0.5, 0.6) is 0 Å². The molecule has 3 aliphatic rings. The second kappa shape index (κ2) is 10.9. The van der Waals surface area contributed by atoms with E-state index in [0.717, 1.165) is 6.42 Å². The number of hydrogen-bond donors (Lipinski definition) is 1. The van der Waals surface area contributed by atoms with Crippen LogP contribution in [0.3, 0.4) is 0 Å². The van der Waals surface area contributed by atoms with Gasteiger partial charge in [0, 0.05) is 29.1 Å². The third-order valence-corrected chi connectivity index (χ3v) is 9.34. The highest BCUT2D eigenvalue weighted by atomic mass is 35.5. The SMILES string of the molecule is Cc1cccc([C@H]2[C@H](C(=O)NCC[C@H]3COC(C)(C)O3)N3CCC(C)(C)C[C@H]3[C@]2(C#N)c2ccc(Cl)cc2F)c1F. The molecule has 0 aromatic heterocycles. The third kappa shape index (κ3) is 5.38. The van der Waals surface area contributed by atoms with Crippen molar-refractivity contribution in [3.05, 3.63) is 69.7 Å². The molecule has 220 valence electrons. The van der Waals surface area contributed by atoms with Crippen molar-refractivity contribution in [2.24, 2.45) is 5.41 Å². The lowest BCUT2D eigenvalue weighted by molar-refractivity contribution is -0.139. The molecule has 0 aliphatic carbocycles. The Bertz CT molecular complexity index is 1380. The first-order valence-corrected chi connectivity index (χ1v) is 14.6. The van der Waals surface area contributed by atoms with E-state index in [4.69, 9.17) is 21.1 Å². The summed E-state index contributed by atoms with van der Waals surface area (Å²) in [5.41, 5.74) is -0.939. The summed E-state index contributed by atoms with van der Waals surface area (Å²) < 4.78 is 43.4. The Balaban J connectivity index is 1.61. The molecular formula is C32H38ClF2N3O3. The quantitative estimate of drug-likeness (QED) is 0.450. The maximum atomic E-state index is 16.0. The number of nitrogens with zero attached hydrogens (tertiary/aromatic N) is 2. The van der Waals surface area contributed by atoms with Crippen LogP contribution < -0.4 is 5.32 Å². The number of halogens is 3. The van der Waals surface area contributed by atoms with Crippen LogP contribution in [0.25, 0.3) is 0 Å². The minimum absolute atomic E-state index is 0.136. The fourth-order valence-corrected chi connectivity index (χ4v) is 7.26. The molecule has 6 nitrogen and oxygen atoms in total. The number of carbonyl (C=O) groups excluding carboxylic acids is 1. The van der Waals surface area contributed by atoms with Gasteiger partial charge in [0.15, 0.2) is 5.79 Å². The fourth-order valence-electron chi connectivity index (χ4n) is 7.10. The maximum absolute atomic E-state index is 16.0. The van der Waals surface area contributed by atoms with Gasteiger partial charge in [-0.2, -0.15) is 5.26 Å². The summed E-state index contributed by atoms with van der Waals surface area (Å²) in [4.78, 5) is 16.2. The zero-order valence-corrected chi connectivity index (χ0v) is 25.0. The minimum atomic E-state index is -1.55. The number of fused-ring (bicyclic) bond motifs is 1. The Hall–Kier alpha value is -2.57. The van der Waals surface area contributed by atoms with E-state index in [-0.39, 0.29) is 33.6 Å². The molecule has 1 amide bonds. The standard InChI is InChI=1S/C32H38ClF2N3O3/c1-19-7-6-8-22(27(19)35)26-28(29(39)37-13-11-21-17-40-31(4,5)41-21)38-14-12-30(2,3)16-25(38)32(26,18-36)23-10-9-20(33)15-24(23)34/h6-10,15,21,25-26,28H,11-14,16-17H2,1-5H3,(H,37,39)/t21-,25-,26-,28+,32-/m0/s1. The first-order valence-electron chi connectivity index (χ1n) is 14.3. The number of carbonyl (C=O) groups is 1. The van der Waals surface area contributed by atoms with Gasteiger partial charge in [-0.05, 0) is 75.3 Å². The highest BCUT2D eigenvalue weighted by Gasteiger charge is 2.65. The van der Waals surface area contributed by atoms with E-state index in [1.165, 1.54) is 12.1 Å². The van der Waals surface area contributed by atoms with Gasteiger partial charge in [-0.3, -0.25) is 9.69 Å². The summed E-state index contributed by atoms with van der Waals surface area (Å²) in [6.07, 6.45) is 1.70.